The average Bonchev–Trinajstić information content (AvgIpc) is 2.77. The normalized spacial score (nSPS) is 24.9. The largest absolute Gasteiger partial charge is 0.393 e. The van der Waals surface area contributed by atoms with Crippen LogP contribution in [0.1, 0.15) is 5.37 Å². The molecule has 0 radical (unpaired) electrons. The molecule has 1 saturated heterocycles. The van der Waals surface area contributed by atoms with E-state index in [1.807, 2.05) is 7.05 Å². The molecule has 88 valence electrons. The summed E-state index contributed by atoms with van der Waals surface area (Å²) in [5.74, 6) is 0.670. The molecule has 0 bridgehead atoms. The number of aromatic nitrogens is 2. The molecule has 1 aliphatic rings. The van der Waals surface area contributed by atoms with Crippen molar-refractivity contribution in [2.45, 2.75) is 10.8 Å². The van der Waals surface area contributed by atoms with Crippen LogP contribution in [-0.2, 0) is 4.74 Å². The molecule has 2 rings (SSSR count). The maximum atomic E-state index is 11.7. The van der Waals surface area contributed by atoms with Gasteiger partial charge < -0.3 is 9.84 Å². The van der Waals surface area contributed by atoms with Gasteiger partial charge in [0.25, 0.3) is 0 Å². The number of hydrogen-bond acceptors (Lipinski definition) is 5. The van der Waals surface area contributed by atoms with Gasteiger partial charge in [0, 0.05) is 12.3 Å². The smallest absolute Gasteiger partial charge is 0.353 e. The van der Waals surface area contributed by atoms with Crippen molar-refractivity contribution in [3.8, 4) is 0 Å². The molecule has 16 heavy (non-hydrogen) atoms. The van der Waals surface area contributed by atoms with Crippen molar-refractivity contribution in [2.24, 2.45) is 0 Å². The number of rotatable bonds is 3. The first-order valence-corrected chi connectivity index (χ1v) is 5.95. The van der Waals surface area contributed by atoms with E-state index in [0.717, 1.165) is 0 Å². The van der Waals surface area contributed by atoms with Gasteiger partial charge >= 0.3 is 5.69 Å². The van der Waals surface area contributed by atoms with Gasteiger partial charge in [-0.15, -0.1) is 16.7 Å². The van der Waals surface area contributed by atoms with E-state index in [4.69, 9.17) is 9.84 Å². The number of aliphatic hydroxyl groups excluding tert-OH is 1. The fraction of sp³-hybridized carbons (Fsp3) is 0.556. The minimum atomic E-state index is -0.282. The minimum Gasteiger partial charge on any atom is -0.393 e. The van der Waals surface area contributed by atoms with Crippen LogP contribution in [0, 0.1) is 0 Å². The van der Waals surface area contributed by atoms with Crippen LogP contribution in [0.4, 0.5) is 5.82 Å². The Balaban J connectivity index is 2.19. The molecule has 0 unspecified atom stereocenters. The molecule has 1 fully saturated rings. The zero-order valence-corrected chi connectivity index (χ0v) is 9.68. The quantitative estimate of drug-likeness (QED) is 0.687. The highest BCUT2D eigenvalue weighted by Crippen LogP contribution is 2.33. The van der Waals surface area contributed by atoms with Crippen molar-refractivity contribution in [2.75, 3.05) is 20.3 Å². The van der Waals surface area contributed by atoms with E-state index in [0.29, 0.717) is 12.4 Å². The van der Waals surface area contributed by atoms with Gasteiger partial charge in [0.2, 0.25) is 5.82 Å². The number of hydrogen-bond donors (Lipinski definition) is 2. The van der Waals surface area contributed by atoms with Crippen LogP contribution in [0.15, 0.2) is 17.1 Å². The van der Waals surface area contributed by atoms with Gasteiger partial charge in [0.05, 0.1) is 20.3 Å². The minimum absolute atomic E-state index is 0.0375. The average molecular weight is 244 g/mol. The van der Waals surface area contributed by atoms with Crippen LogP contribution in [0.3, 0.4) is 0 Å². The number of ether oxygens (including phenoxy) is 1. The van der Waals surface area contributed by atoms with Gasteiger partial charge in [0.1, 0.15) is 10.8 Å². The van der Waals surface area contributed by atoms with Crippen LogP contribution >= 0.6 is 11.8 Å². The van der Waals surface area contributed by atoms with Crippen molar-refractivity contribution in [1.29, 1.82) is 0 Å². The number of nitrogens with two attached hydrogens (primary N) is 1. The molecule has 0 saturated carbocycles. The molecule has 7 heteroatoms. The Kier molecular flexibility index (Phi) is 3.59. The summed E-state index contributed by atoms with van der Waals surface area (Å²) in [5.41, 5.74) is -0.524. The van der Waals surface area contributed by atoms with E-state index in [9.17, 15) is 4.79 Å². The zero-order chi connectivity index (χ0) is 11.5. The first-order valence-electron chi connectivity index (χ1n) is 5.01. The summed E-state index contributed by atoms with van der Waals surface area (Å²) >= 11 is 1.43. The lowest BCUT2D eigenvalue weighted by Gasteiger charge is -2.10. The van der Waals surface area contributed by atoms with Gasteiger partial charge in [-0.2, -0.15) is 0 Å². The molecule has 1 aromatic rings. The van der Waals surface area contributed by atoms with Gasteiger partial charge in [-0.05, 0) is 0 Å². The molecule has 1 aliphatic heterocycles. The maximum Gasteiger partial charge on any atom is 0.353 e. The highest BCUT2D eigenvalue weighted by Gasteiger charge is 2.27. The zero-order valence-electron chi connectivity index (χ0n) is 8.87. The fourth-order valence-corrected chi connectivity index (χ4v) is 2.53. The van der Waals surface area contributed by atoms with Gasteiger partial charge in [-0.25, -0.2) is 4.79 Å². The number of quaternary nitrogens is 1. The number of thioether (sulfide) groups is 1. The lowest BCUT2D eigenvalue weighted by atomic mass is 10.5. The van der Waals surface area contributed by atoms with Crippen molar-refractivity contribution in [3.05, 3.63) is 22.7 Å². The Morgan fingerprint density at radius 3 is 3.19 bits per heavy atom. The molecule has 2 heterocycles. The molecule has 2 atom stereocenters. The highest BCUT2D eigenvalue weighted by molar-refractivity contribution is 8.00. The molecule has 3 N–H and O–H groups in total. The lowest BCUT2D eigenvalue weighted by Crippen LogP contribution is -2.73. The van der Waals surface area contributed by atoms with Crippen molar-refractivity contribution >= 4 is 17.6 Å². The molecule has 0 aromatic carbocycles. The first kappa shape index (κ1) is 11.6. The van der Waals surface area contributed by atoms with Crippen LogP contribution < -0.4 is 11.0 Å². The van der Waals surface area contributed by atoms with E-state index >= 15 is 0 Å². The molecule has 6 nitrogen and oxygen atoms in total. The number of aliphatic hydroxyl groups is 1. The fourth-order valence-electron chi connectivity index (χ4n) is 1.49. The summed E-state index contributed by atoms with van der Waals surface area (Å²) in [5, 5.41) is 10.6. The molecule has 0 spiro atoms. The monoisotopic (exact) mass is 244 g/mol. The van der Waals surface area contributed by atoms with E-state index in [1.54, 1.807) is 17.6 Å². The first-order chi connectivity index (χ1) is 7.74. The van der Waals surface area contributed by atoms with Crippen molar-refractivity contribution in [3.63, 3.8) is 0 Å². The molecule has 0 aliphatic carbocycles. The van der Waals surface area contributed by atoms with Crippen LogP contribution in [0.5, 0.6) is 0 Å². The highest BCUT2D eigenvalue weighted by atomic mass is 32.2. The van der Waals surface area contributed by atoms with Crippen LogP contribution in [0.2, 0.25) is 0 Å². The Morgan fingerprint density at radius 2 is 2.62 bits per heavy atom. The number of nitrogens with zero attached hydrogens (tertiary/aromatic N) is 2. The Labute approximate surface area is 96.6 Å². The SMILES string of the molecule is C[NH2+]c1ccn([C@@H]2CO[C@H](CO)S2)c(=O)n1. The second-order valence-electron chi connectivity index (χ2n) is 3.37. The predicted octanol–water partition coefficient (Wildman–Crippen LogP) is -1.35. The maximum absolute atomic E-state index is 11.7. The van der Waals surface area contributed by atoms with E-state index in [1.165, 1.54) is 16.3 Å². The van der Waals surface area contributed by atoms with Crippen molar-refractivity contribution in [1.82, 2.24) is 9.55 Å². The summed E-state index contributed by atoms with van der Waals surface area (Å²) < 4.78 is 6.83. The third-order valence-electron chi connectivity index (χ3n) is 2.34. The van der Waals surface area contributed by atoms with Crippen LogP contribution in [0.25, 0.3) is 0 Å². The Hall–Kier alpha value is -0.890. The molecule has 0 amide bonds. The topological polar surface area (TPSA) is 81.0 Å². The van der Waals surface area contributed by atoms with Crippen LogP contribution in [-0.4, -0.2) is 40.4 Å². The summed E-state index contributed by atoms with van der Waals surface area (Å²) in [4.78, 5) is 15.6. The molecular weight excluding hydrogens is 230 g/mol. The Morgan fingerprint density at radius 1 is 1.81 bits per heavy atom. The third kappa shape index (κ3) is 2.27. The standard InChI is InChI=1S/C9H13N3O3S/c1-10-6-2-3-12(9(14)11-6)7-5-15-8(4-13)16-7/h2-3,7-8,13H,4-5H2,1H3,(H,10,11,14)/p+1/t7-,8-/m0/s1. The summed E-state index contributed by atoms with van der Waals surface area (Å²) in [7, 11) is 1.83. The second-order valence-corrected chi connectivity index (χ2v) is 4.71. The summed E-state index contributed by atoms with van der Waals surface area (Å²) in [6.45, 7) is 0.386. The third-order valence-corrected chi connectivity index (χ3v) is 3.61. The summed E-state index contributed by atoms with van der Waals surface area (Å²) in [6.07, 6.45) is 1.71. The predicted molar refractivity (Wildman–Crippen MR) is 59.5 cm³/mol. The lowest BCUT2D eigenvalue weighted by molar-refractivity contribution is -0.543. The Bertz CT molecular complexity index is 423. The van der Waals surface area contributed by atoms with Gasteiger partial charge in [-0.1, -0.05) is 0 Å². The second kappa shape index (κ2) is 4.96. The molecule has 1 aromatic heterocycles. The van der Waals surface area contributed by atoms with E-state index < -0.39 is 0 Å². The van der Waals surface area contributed by atoms with Gasteiger partial charge in [0.15, 0.2) is 0 Å². The van der Waals surface area contributed by atoms with E-state index in [2.05, 4.69) is 4.98 Å². The van der Waals surface area contributed by atoms with E-state index in [-0.39, 0.29) is 23.1 Å². The molecular formula is C9H14N3O3S+. The van der Waals surface area contributed by atoms with Gasteiger partial charge in [-0.3, -0.25) is 9.88 Å². The summed E-state index contributed by atoms with van der Waals surface area (Å²) in [6, 6.07) is 1.79. The van der Waals surface area contributed by atoms with Crippen molar-refractivity contribution < 1.29 is 15.2 Å².